The third-order valence-electron chi connectivity index (χ3n) is 13.1. The van der Waals surface area contributed by atoms with Crippen LogP contribution in [0.2, 0.25) is 13.1 Å². The van der Waals surface area contributed by atoms with Gasteiger partial charge >= 0.3 is 371 Å². The summed E-state index contributed by atoms with van der Waals surface area (Å²) in [6, 6.07) is 22.5. The van der Waals surface area contributed by atoms with Crippen molar-refractivity contribution >= 4 is 17.6 Å². The van der Waals surface area contributed by atoms with Crippen LogP contribution in [-0.2, 0) is 47.4 Å². The average molecular weight is 955 g/mol. The molecule has 0 fully saturated rings. The van der Waals surface area contributed by atoms with Crippen LogP contribution in [0.15, 0.2) is 65.7 Å². The van der Waals surface area contributed by atoms with Gasteiger partial charge in [0.2, 0.25) is 0 Å². The van der Waals surface area contributed by atoms with Crippen LogP contribution in [0.4, 0.5) is 0 Å². The molecule has 2 aliphatic rings. The van der Waals surface area contributed by atoms with Gasteiger partial charge in [-0.05, 0) is 0 Å². The summed E-state index contributed by atoms with van der Waals surface area (Å²) in [7, 11) is 1.90. The van der Waals surface area contributed by atoms with Crippen LogP contribution in [0.25, 0.3) is 34.4 Å². The third-order valence-corrected chi connectivity index (χ3v) is 33.0. The number of fused-ring (bicyclic) bond motifs is 2. The Hall–Kier alpha value is -2.16. The van der Waals surface area contributed by atoms with Crippen LogP contribution in [0.3, 0.4) is 0 Å². The molecule has 2 unspecified atom stereocenters. The van der Waals surface area contributed by atoms with Gasteiger partial charge in [0.1, 0.15) is 0 Å². The van der Waals surface area contributed by atoms with Gasteiger partial charge in [0.05, 0.1) is 0 Å². The van der Waals surface area contributed by atoms with E-state index in [2.05, 4.69) is 204 Å². The second-order valence-electron chi connectivity index (χ2n) is 23.6. The molecule has 0 amide bonds. The monoisotopic (exact) mass is 952 g/mol. The molecule has 2 aliphatic carbocycles. The molecule has 5 heteroatoms. The molecular weight excluding hydrogens is 879 g/mol. The van der Waals surface area contributed by atoms with Gasteiger partial charge in [-0.2, -0.15) is 0 Å². The van der Waals surface area contributed by atoms with E-state index in [0.717, 1.165) is 5.75 Å². The molecule has 1 nitrogen and oxygen atoms in total. The van der Waals surface area contributed by atoms with Crippen molar-refractivity contribution < 1.29 is 49.9 Å². The SMILES string of the molecule is COc1c(C(C)(C)C)cc2c(c1-c1cc(C(C)(C)C)cc(C(C)(C)C)c1)C=C(C)[CH]2[Zr+2]([CH]1C(C)=Cc2c(-c3cc(C(C)(C)C)cc(C(C)(C)C)c3)cc(C)cc21)=[Si](C)C.[Cl-].[Cl-]. The van der Waals surface area contributed by atoms with Crippen molar-refractivity contribution in [2.45, 2.75) is 172 Å². The Morgan fingerprint density at radius 2 is 0.885 bits per heavy atom. The molecule has 0 aromatic heterocycles. The van der Waals surface area contributed by atoms with Crippen molar-refractivity contribution in [3.8, 4) is 28.0 Å². The van der Waals surface area contributed by atoms with Crippen LogP contribution in [0.1, 0.15) is 181 Å². The molecule has 0 N–H and O–H groups in total. The molecule has 0 spiro atoms. The van der Waals surface area contributed by atoms with Crippen LogP contribution in [0, 0.1) is 6.92 Å². The minimum atomic E-state index is -2.43. The van der Waals surface area contributed by atoms with E-state index in [-0.39, 0.29) is 51.9 Å². The fraction of sp³-hybridized carbons (Fsp3) is 0.500. The predicted octanol–water partition coefficient (Wildman–Crippen LogP) is 10.3. The summed E-state index contributed by atoms with van der Waals surface area (Å²) in [4.78, 5) is 0. The molecular formula is C56H76Cl2OSiZr. The molecule has 6 rings (SSSR count). The van der Waals surface area contributed by atoms with E-state index in [1.165, 1.54) is 66.8 Å². The Labute approximate surface area is 393 Å². The summed E-state index contributed by atoms with van der Waals surface area (Å²) < 4.78 is 7.64. The number of halogens is 2. The smallest absolute Gasteiger partial charge is 1.00 e. The van der Waals surface area contributed by atoms with Gasteiger partial charge in [0.25, 0.3) is 0 Å². The zero-order chi connectivity index (χ0) is 44.1. The Bertz CT molecular complexity index is 2380. The second kappa shape index (κ2) is 17.7. The molecule has 0 saturated heterocycles. The molecule has 2 atom stereocenters. The number of hydrogen-bond acceptors (Lipinski definition) is 1. The summed E-state index contributed by atoms with van der Waals surface area (Å²) in [5.41, 5.74) is 22.3. The van der Waals surface area contributed by atoms with Crippen molar-refractivity contribution in [1.29, 1.82) is 0 Å². The van der Waals surface area contributed by atoms with Gasteiger partial charge in [0, 0.05) is 0 Å². The van der Waals surface area contributed by atoms with E-state index in [1.807, 2.05) is 7.11 Å². The molecule has 0 radical (unpaired) electrons. The maximum atomic E-state index is 6.59. The normalized spacial score (nSPS) is 16.4. The van der Waals surface area contributed by atoms with Gasteiger partial charge in [-0.3, -0.25) is 0 Å². The fourth-order valence-electron chi connectivity index (χ4n) is 9.58. The predicted molar refractivity (Wildman–Crippen MR) is 259 cm³/mol. The minimum absolute atomic E-state index is 0. The maximum Gasteiger partial charge on any atom is -1.00 e. The zero-order valence-electron chi connectivity index (χ0n) is 41.7. The van der Waals surface area contributed by atoms with E-state index in [0.29, 0.717) is 7.25 Å². The Morgan fingerprint density at radius 1 is 0.492 bits per heavy atom. The van der Waals surface area contributed by atoms with E-state index in [9.17, 15) is 0 Å². The number of methoxy groups -OCH3 is 1. The molecule has 328 valence electrons. The quantitative estimate of drug-likeness (QED) is 0.181. The number of hydrogen-bond donors (Lipinski definition) is 0. The van der Waals surface area contributed by atoms with Crippen molar-refractivity contribution in [2.75, 3.05) is 7.11 Å². The van der Waals surface area contributed by atoms with Crippen molar-refractivity contribution in [1.82, 2.24) is 0 Å². The topological polar surface area (TPSA) is 9.23 Å². The van der Waals surface area contributed by atoms with E-state index in [1.54, 1.807) is 22.3 Å². The van der Waals surface area contributed by atoms with Gasteiger partial charge in [-0.1, -0.05) is 0 Å². The summed E-state index contributed by atoms with van der Waals surface area (Å²) in [6.45, 7) is 48.0. The van der Waals surface area contributed by atoms with Crippen molar-refractivity contribution in [3.05, 3.63) is 121 Å². The molecule has 0 bridgehead atoms. The molecule has 0 saturated carbocycles. The third kappa shape index (κ3) is 10.1. The summed E-state index contributed by atoms with van der Waals surface area (Å²) in [5.74, 6) is 1.05. The van der Waals surface area contributed by atoms with Crippen LogP contribution < -0.4 is 29.6 Å². The first-order valence-corrected chi connectivity index (χ1v) is 31.2. The average Bonchev–Trinajstić information content (AvgIpc) is 3.59. The van der Waals surface area contributed by atoms with Gasteiger partial charge in [0.15, 0.2) is 0 Å². The second-order valence-corrected chi connectivity index (χ2v) is 41.5. The minimum Gasteiger partial charge on any atom is -1.00 e. The van der Waals surface area contributed by atoms with Crippen molar-refractivity contribution in [3.63, 3.8) is 0 Å². The van der Waals surface area contributed by atoms with Gasteiger partial charge < -0.3 is 24.8 Å². The Balaban J connectivity index is 0.00000410. The van der Waals surface area contributed by atoms with E-state index < -0.39 is 25.8 Å². The molecule has 4 aromatic rings. The molecule has 0 heterocycles. The first-order valence-electron chi connectivity index (χ1n) is 22.2. The largest absolute Gasteiger partial charge is 1.00 e. The number of benzene rings is 4. The fourth-order valence-corrected chi connectivity index (χ4v) is 30.2. The first-order chi connectivity index (χ1) is 26.9. The number of aryl methyl sites for hydroxylation is 1. The zero-order valence-corrected chi connectivity index (χ0v) is 46.6. The van der Waals surface area contributed by atoms with Crippen molar-refractivity contribution in [2.24, 2.45) is 0 Å². The van der Waals surface area contributed by atoms with E-state index >= 15 is 0 Å². The van der Waals surface area contributed by atoms with Gasteiger partial charge in [-0.15, -0.1) is 0 Å². The summed E-state index contributed by atoms with van der Waals surface area (Å²) in [5, 5.41) is 0. The summed E-state index contributed by atoms with van der Waals surface area (Å²) in [6.07, 6.45) is 5.21. The maximum absolute atomic E-state index is 6.59. The first kappa shape index (κ1) is 51.5. The summed E-state index contributed by atoms with van der Waals surface area (Å²) >= 11 is -2.43. The Morgan fingerprint density at radius 3 is 1.26 bits per heavy atom. The molecule has 61 heavy (non-hydrogen) atoms. The Kier molecular flexibility index (Phi) is 14.9. The molecule has 4 aromatic carbocycles. The van der Waals surface area contributed by atoms with Crippen LogP contribution in [-0.4, -0.2) is 12.5 Å². The van der Waals surface area contributed by atoms with Gasteiger partial charge in [-0.25, -0.2) is 0 Å². The van der Waals surface area contributed by atoms with E-state index in [4.69, 9.17) is 4.74 Å². The number of ether oxygens (including phenoxy) is 1. The number of allylic oxidation sites excluding steroid dienone is 2. The van der Waals surface area contributed by atoms with Crippen LogP contribution in [0.5, 0.6) is 5.75 Å². The van der Waals surface area contributed by atoms with Crippen LogP contribution >= 0.6 is 0 Å². The molecule has 0 aliphatic heterocycles. The number of rotatable bonds is 5. The standard InChI is InChI=1S/C29H39O.C25H31.C2H6Si.2ClH.Zr/c1-18-12-19-16-24(29(8,9)10)26(30-11)25(23(19)13-18)20-14-21(27(2,3)4)17-22(15-20)28(5,6)7;1-16-9-18-10-17(2)12-23(22(18)11-16)19-13-20(24(3,4)5)15-21(14-19)25(6,7)8;1-3-2;;;/h12-17H,1-11H3;9-15H,1-8H3;1-2H3;2*1H;/q;;;;;+2/p-2.